The first-order chi connectivity index (χ1) is 7.97. The zero-order chi connectivity index (χ0) is 14.2. The number of sulfone groups is 1. The van der Waals surface area contributed by atoms with E-state index < -0.39 is 20.2 Å². The molecular formula is C12H23NO4S. The van der Waals surface area contributed by atoms with E-state index >= 15 is 0 Å². The second kappa shape index (κ2) is 4.81. The Balaban J connectivity index is 2.86. The van der Waals surface area contributed by atoms with Crippen LogP contribution in [0.4, 0.5) is 0 Å². The molecule has 1 unspecified atom stereocenters. The summed E-state index contributed by atoms with van der Waals surface area (Å²) in [4.78, 5) is 13.9. The third kappa shape index (κ3) is 3.23. The monoisotopic (exact) mass is 277 g/mol. The quantitative estimate of drug-likeness (QED) is 0.801. The average Bonchev–Trinajstić information content (AvgIpc) is 2.36. The molecule has 1 aliphatic heterocycles. The van der Waals surface area contributed by atoms with E-state index in [9.17, 15) is 18.3 Å². The van der Waals surface area contributed by atoms with Crippen molar-refractivity contribution in [3.05, 3.63) is 0 Å². The summed E-state index contributed by atoms with van der Waals surface area (Å²) >= 11 is 0. The normalized spacial score (nSPS) is 26.8. The van der Waals surface area contributed by atoms with Gasteiger partial charge in [-0.15, -0.1) is 0 Å². The first kappa shape index (κ1) is 15.4. The molecule has 0 saturated carbocycles. The lowest BCUT2D eigenvalue weighted by Crippen LogP contribution is -2.50. The number of hydrogen-bond donors (Lipinski definition) is 1. The van der Waals surface area contributed by atoms with Crippen molar-refractivity contribution in [1.29, 1.82) is 0 Å². The van der Waals surface area contributed by atoms with Gasteiger partial charge in [0.05, 0.1) is 5.60 Å². The van der Waals surface area contributed by atoms with E-state index in [0.29, 0.717) is 32.4 Å². The van der Waals surface area contributed by atoms with Gasteiger partial charge in [0.2, 0.25) is 5.91 Å². The van der Waals surface area contributed by atoms with Crippen molar-refractivity contribution in [1.82, 2.24) is 4.90 Å². The van der Waals surface area contributed by atoms with Crippen LogP contribution in [-0.2, 0) is 14.6 Å². The minimum Gasteiger partial charge on any atom is -0.390 e. The second-order valence-electron chi connectivity index (χ2n) is 5.93. The molecule has 0 aromatic rings. The maximum Gasteiger partial charge on any atom is 0.243 e. The van der Waals surface area contributed by atoms with E-state index in [-0.39, 0.29) is 5.91 Å². The summed E-state index contributed by atoms with van der Waals surface area (Å²) in [7, 11) is -3.45. The molecule has 1 heterocycles. The number of rotatable bonds is 2. The zero-order valence-corrected chi connectivity index (χ0v) is 12.4. The predicted octanol–water partition coefficient (Wildman–Crippen LogP) is 0.573. The van der Waals surface area contributed by atoms with Crippen molar-refractivity contribution in [2.45, 2.75) is 50.4 Å². The molecule has 0 aliphatic carbocycles. The van der Waals surface area contributed by atoms with Gasteiger partial charge in [0.1, 0.15) is 4.75 Å². The van der Waals surface area contributed by atoms with Crippen LogP contribution < -0.4 is 0 Å². The van der Waals surface area contributed by atoms with Crippen LogP contribution in [0.25, 0.3) is 0 Å². The van der Waals surface area contributed by atoms with Crippen molar-refractivity contribution >= 4 is 15.7 Å². The van der Waals surface area contributed by atoms with E-state index in [0.717, 1.165) is 6.26 Å². The molecule has 1 saturated heterocycles. The molecule has 6 heteroatoms. The first-order valence-corrected chi connectivity index (χ1v) is 8.08. The van der Waals surface area contributed by atoms with Gasteiger partial charge in [-0.05, 0) is 40.0 Å². The maximum absolute atomic E-state index is 12.3. The van der Waals surface area contributed by atoms with Gasteiger partial charge < -0.3 is 10.0 Å². The zero-order valence-electron chi connectivity index (χ0n) is 11.6. The van der Waals surface area contributed by atoms with Crippen LogP contribution in [-0.4, -0.2) is 54.0 Å². The Bertz CT molecular complexity index is 425. The standard InChI is InChI=1S/C12H23NO4S/c1-11(2,18(4,16)17)10(14)13-8-5-6-12(3,15)7-9-13/h15H,5-9H2,1-4H3. The van der Waals surface area contributed by atoms with Gasteiger partial charge in [0.15, 0.2) is 9.84 Å². The molecule has 0 aromatic carbocycles. The average molecular weight is 277 g/mol. The Kier molecular flexibility index (Phi) is 4.13. The van der Waals surface area contributed by atoms with Crippen molar-refractivity contribution in [3.63, 3.8) is 0 Å². The van der Waals surface area contributed by atoms with E-state index in [1.165, 1.54) is 13.8 Å². The molecule has 18 heavy (non-hydrogen) atoms. The summed E-state index contributed by atoms with van der Waals surface area (Å²) in [6, 6.07) is 0. The topological polar surface area (TPSA) is 74.7 Å². The van der Waals surface area contributed by atoms with Crippen LogP contribution in [0.15, 0.2) is 0 Å². The number of carbonyl (C=O) groups excluding carboxylic acids is 1. The molecule has 106 valence electrons. The second-order valence-corrected chi connectivity index (χ2v) is 8.49. The summed E-state index contributed by atoms with van der Waals surface area (Å²) in [5, 5.41) is 9.96. The van der Waals surface area contributed by atoms with Crippen LogP contribution in [0.2, 0.25) is 0 Å². The van der Waals surface area contributed by atoms with Crippen molar-refractivity contribution in [3.8, 4) is 0 Å². The third-order valence-corrected chi connectivity index (χ3v) is 5.82. The predicted molar refractivity (Wildman–Crippen MR) is 70.0 cm³/mol. The Labute approximate surface area is 109 Å². The van der Waals surface area contributed by atoms with Gasteiger partial charge in [-0.1, -0.05) is 0 Å². The number of carbonyl (C=O) groups is 1. The molecular weight excluding hydrogens is 254 g/mol. The summed E-state index contributed by atoms with van der Waals surface area (Å²) in [6.07, 6.45) is 2.89. The summed E-state index contributed by atoms with van der Waals surface area (Å²) < 4.78 is 21.9. The SMILES string of the molecule is CC1(O)CCCN(C(=O)C(C)(C)S(C)(=O)=O)CC1. The molecule has 1 amide bonds. The molecule has 1 atom stereocenters. The fraction of sp³-hybridized carbons (Fsp3) is 0.917. The molecule has 0 bridgehead atoms. The van der Waals surface area contributed by atoms with Crippen LogP contribution in [0.5, 0.6) is 0 Å². The molecule has 5 nitrogen and oxygen atoms in total. The lowest BCUT2D eigenvalue weighted by molar-refractivity contribution is -0.133. The Hall–Kier alpha value is -0.620. The van der Waals surface area contributed by atoms with Crippen molar-refractivity contribution < 1.29 is 18.3 Å². The molecule has 0 aromatic heterocycles. The van der Waals surface area contributed by atoms with Crippen LogP contribution in [0.3, 0.4) is 0 Å². The smallest absolute Gasteiger partial charge is 0.243 e. The van der Waals surface area contributed by atoms with Gasteiger partial charge >= 0.3 is 0 Å². The lowest BCUT2D eigenvalue weighted by Gasteiger charge is -2.30. The van der Waals surface area contributed by atoms with Gasteiger partial charge in [0, 0.05) is 19.3 Å². The summed E-state index contributed by atoms with van der Waals surface area (Å²) in [5.41, 5.74) is -0.760. The highest BCUT2D eigenvalue weighted by atomic mass is 32.2. The van der Waals surface area contributed by atoms with Crippen LogP contribution >= 0.6 is 0 Å². The fourth-order valence-corrected chi connectivity index (χ4v) is 2.45. The lowest BCUT2D eigenvalue weighted by atomic mass is 9.98. The van der Waals surface area contributed by atoms with Crippen molar-refractivity contribution in [2.75, 3.05) is 19.3 Å². The third-order valence-electron chi connectivity index (χ3n) is 3.79. The largest absolute Gasteiger partial charge is 0.390 e. The number of nitrogens with zero attached hydrogens (tertiary/aromatic N) is 1. The van der Waals surface area contributed by atoms with E-state index in [1.54, 1.807) is 11.8 Å². The maximum atomic E-state index is 12.3. The summed E-state index contributed by atoms with van der Waals surface area (Å²) in [6.45, 7) is 5.54. The van der Waals surface area contributed by atoms with Crippen LogP contribution in [0.1, 0.15) is 40.0 Å². The van der Waals surface area contributed by atoms with Gasteiger partial charge in [-0.25, -0.2) is 8.42 Å². The molecule has 1 rings (SSSR count). The van der Waals surface area contributed by atoms with Gasteiger partial charge in [-0.3, -0.25) is 4.79 Å². The molecule has 1 N–H and O–H groups in total. The molecule has 0 radical (unpaired) electrons. The number of aliphatic hydroxyl groups is 1. The fourth-order valence-electron chi connectivity index (χ4n) is 2.01. The van der Waals surface area contributed by atoms with E-state index in [4.69, 9.17) is 0 Å². The number of likely N-dealkylation sites (tertiary alicyclic amines) is 1. The highest BCUT2D eigenvalue weighted by Crippen LogP contribution is 2.25. The number of hydrogen-bond acceptors (Lipinski definition) is 4. The minimum absolute atomic E-state index is 0.372. The first-order valence-electron chi connectivity index (χ1n) is 6.19. The molecule has 1 aliphatic rings. The summed E-state index contributed by atoms with van der Waals surface area (Å²) in [5.74, 6) is -0.372. The van der Waals surface area contributed by atoms with E-state index in [1.807, 2.05) is 0 Å². The van der Waals surface area contributed by atoms with E-state index in [2.05, 4.69) is 0 Å². The highest BCUT2D eigenvalue weighted by Gasteiger charge is 2.42. The Morgan fingerprint density at radius 2 is 1.83 bits per heavy atom. The number of amides is 1. The van der Waals surface area contributed by atoms with Crippen LogP contribution in [0, 0.1) is 0 Å². The van der Waals surface area contributed by atoms with Crippen molar-refractivity contribution in [2.24, 2.45) is 0 Å². The Morgan fingerprint density at radius 3 is 2.33 bits per heavy atom. The molecule has 0 spiro atoms. The molecule has 1 fully saturated rings. The minimum atomic E-state index is -3.45. The highest BCUT2D eigenvalue weighted by molar-refractivity contribution is 7.92. The van der Waals surface area contributed by atoms with Gasteiger partial charge in [-0.2, -0.15) is 0 Å². The van der Waals surface area contributed by atoms with Gasteiger partial charge in [0.25, 0.3) is 0 Å². The Morgan fingerprint density at radius 1 is 1.28 bits per heavy atom.